The molecule has 140 valence electrons. The quantitative estimate of drug-likeness (QED) is 0.670. The van der Waals surface area contributed by atoms with Crippen molar-refractivity contribution in [3.63, 3.8) is 0 Å². The van der Waals surface area contributed by atoms with Gasteiger partial charge in [-0.25, -0.2) is 4.39 Å². The lowest BCUT2D eigenvalue weighted by atomic mass is 9.46. The summed E-state index contributed by atoms with van der Waals surface area (Å²) in [6.07, 6.45) is 9.20. The van der Waals surface area contributed by atoms with Gasteiger partial charge in [0.05, 0.1) is 12.7 Å². The molecule has 3 fully saturated rings. The van der Waals surface area contributed by atoms with Gasteiger partial charge >= 0.3 is 0 Å². The predicted octanol–water partition coefficient (Wildman–Crippen LogP) is 4.77. The number of rotatable bonds is 1. The van der Waals surface area contributed by atoms with E-state index < -0.39 is 6.61 Å². The minimum atomic E-state index is -0.444. The van der Waals surface area contributed by atoms with Crippen LogP contribution in [0.2, 0.25) is 0 Å². The van der Waals surface area contributed by atoms with Gasteiger partial charge in [0.15, 0.2) is 0 Å². The van der Waals surface area contributed by atoms with Gasteiger partial charge in [-0.3, -0.25) is 0 Å². The Morgan fingerprint density at radius 2 is 1.84 bits per heavy atom. The van der Waals surface area contributed by atoms with E-state index in [0.29, 0.717) is 23.7 Å². The van der Waals surface area contributed by atoms with Crippen molar-refractivity contribution < 1.29 is 14.6 Å². The average molecular weight is 349 g/mol. The Labute approximate surface area is 151 Å². The maximum atomic E-state index is 14.4. The van der Waals surface area contributed by atoms with Crippen molar-refractivity contribution in [2.45, 2.75) is 71.8 Å². The van der Waals surface area contributed by atoms with E-state index in [4.69, 9.17) is 0 Å². The molecule has 4 aliphatic carbocycles. The fraction of sp³-hybridized carbons (Fsp3) is 0.818. The second-order valence-corrected chi connectivity index (χ2v) is 9.69. The first-order valence-corrected chi connectivity index (χ1v) is 10.2. The van der Waals surface area contributed by atoms with Crippen LogP contribution in [0.5, 0.6) is 0 Å². The van der Waals surface area contributed by atoms with Crippen LogP contribution >= 0.6 is 0 Å². The summed E-state index contributed by atoms with van der Waals surface area (Å²) in [5.41, 5.74) is 2.54. The molecule has 25 heavy (non-hydrogen) atoms. The van der Waals surface area contributed by atoms with Crippen LogP contribution in [0.25, 0.3) is 0 Å². The molecule has 0 radical (unpaired) electrons. The lowest BCUT2D eigenvalue weighted by Gasteiger charge is -2.59. The highest BCUT2D eigenvalue weighted by atomic mass is 19.1. The van der Waals surface area contributed by atoms with Crippen LogP contribution in [0.15, 0.2) is 23.0 Å². The van der Waals surface area contributed by atoms with Gasteiger partial charge in [-0.05, 0) is 85.0 Å². The standard InChI is InChI=1S/C22H33FO2/c1-13-10-14-11-15(25)6-8-21(14,2)18-7-9-22(3)16(19(23)12-24)4-5-17(22)20(13)18/h10,13,15,17-18,20,24-25H,4-9,11-12H2,1-3H3/t13-,15-,17-,18-,20-,21-,22+/m0/s1. The maximum absolute atomic E-state index is 14.4. The highest BCUT2D eigenvalue weighted by molar-refractivity contribution is 5.31. The number of aliphatic hydroxyl groups is 2. The smallest absolute Gasteiger partial charge is 0.125 e. The van der Waals surface area contributed by atoms with E-state index in [1.165, 1.54) is 5.57 Å². The molecule has 0 aromatic carbocycles. The Balaban J connectivity index is 1.73. The lowest BCUT2D eigenvalue weighted by molar-refractivity contribution is -0.0460. The second kappa shape index (κ2) is 5.92. The summed E-state index contributed by atoms with van der Waals surface area (Å²) in [7, 11) is 0. The first kappa shape index (κ1) is 17.7. The Morgan fingerprint density at radius 3 is 2.56 bits per heavy atom. The summed E-state index contributed by atoms with van der Waals surface area (Å²) in [6.45, 7) is 6.57. The largest absolute Gasteiger partial charge is 0.393 e. The fourth-order valence-electron chi connectivity index (χ4n) is 7.35. The molecule has 3 heteroatoms. The van der Waals surface area contributed by atoms with Gasteiger partial charge in [-0.1, -0.05) is 32.4 Å². The first-order valence-electron chi connectivity index (χ1n) is 10.2. The van der Waals surface area contributed by atoms with Crippen LogP contribution < -0.4 is 0 Å². The fourth-order valence-corrected chi connectivity index (χ4v) is 7.35. The topological polar surface area (TPSA) is 40.5 Å². The second-order valence-electron chi connectivity index (χ2n) is 9.69. The Kier molecular flexibility index (Phi) is 4.20. The molecule has 7 atom stereocenters. The van der Waals surface area contributed by atoms with Crippen LogP contribution in [-0.4, -0.2) is 22.9 Å². The van der Waals surface area contributed by atoms with Gasteiger partial charge in [0.1, 0.15) is 5.83 Å². The third kappa shape index (κ3) is 2.41. The van der Waals surface area contributed by atoms with Crippen molar-refractivity contribution in [2.75, 3.05) is 6.61 Å². The van der Waals surface area contributed by atoms with Crippen molar-refractivity contribution >= 4 is 0 Å². The third-order valence-corrected chi connectivity index (χ3v) is 8.66. The molecule has 2 N–H and O–H groups in total. The molecule has 4 aliphatic rings. The molecule has 2 nitrogen and oxygen atoms in total. The zero-order chi connectivity index (χ0) is 18.0. The predicted molar refractivity (Wildman–Crippen MR) is 97.5 cm³/mol. The van der Waals surface area contributed by atoms with Crippen LogP contribution in [0.1, 0.15) is 65.7 Å². The van der Waals surface area contributed by atoms with E-state index in [0.717, 1.165) is 50.5 Å². The Hall–Kier alpha value is -0.670. The molecule has 0 amide bonds. The number of halogens is 1. The summed E-state index contributed by atoms with van der Waals surface area (Å²) < 4.78 is 14.4. The van der Waals surface area contributed by atoms with Crippen LogP contribution in [0, 0.1) is 34.5 Å². The van der Waals surface area contributed by atoms with Gasteiger partial charge in [0, 0.05) is 0 Å². The van der Waals surface area contributed by atoms with E-state index >= 15 is 0 Å². The molecule has 0 aliphatic heterocycles. The van der Waals surface area contributed by atoms with Crippen molar-refractivity contribution in [3.05, 3.63) is 23.0 Å². The van der Waals surface area contributed by atoms with Gasteiger partial charge in [-0.2, -0.15) is 0 Å². The van der Waals surface area contributed by atoms with Crippen LogP contribution in [0.3, 0.4) is 0 Å². The van der Waals surface area contributed by atoms with Crippen molar-refractivity contribution in [3.8, 4) is 0 Å². The lowest BCUT2D eigenvalue weighted by Crippen LogP contribution is -2.52. The summed E-state index contributed by atoms with van der Waals surface area (Å²) in [6, 6.07) is 0. The van der Waals surface area contributed by atoms with E-state index in [9.17, 15) is 14.6 Å². The molecule has 4 rings (SSSR count). The minimum Gasteiger partial charge on any atom is -0.393 e. The van der Waals surface area contributed by atoms with Crippen molar-refractivity contribution in [1.82, 2.24) is 0 Å². The van der Waals surface area contributed by atoms with Crippen molar-refractivity contribution in [2.24, 2.45) is 34.5 Å². The molecular formula is C22H33FO2. The molecule has 0 spiro atoms. The molecule has 0 unspecified atom stereocenters. The van der Waals surface area contributed by atoms with E-state index in [1.54, 1.807) is 0 Å². The number of hydrogen-bond donors (Lipinski definition) is 2. The first-order chi connectivity index (χ1) is 11.8. The average Bonchev–Trinajstić information content (AvgIpc) is 2.93. The highest BCUT2D eigenvalue weighted by Gasteiger charge is 2.59. The molecule has 0 saturated heterocycles. The molecule has 0 aromatic heterocycles. The highest BCUT2D eigenvalue weighted by Crippen LogP contribution is 2.67. The monoisotopic (exact) mass is 348 g/mol. The van der Waals surface area contributed by atoms with Crippen LogP contribution in [0.4, 0.5) is 4.39 Å². The molecule has 0 aromatic rings. The maximum Gasteiger partial charge on any atom is 0.125 e. The van der Waals surface area contributed by atoms with Gasteiger partial charge in [-0.15, -0.1) is 0 Å². The van der Waals surface area contributed by atoms with Gasteiger partial charge in [0.25, 0.3) is 0 Å². The summed E-state index contributed by atoms with van der Waals surface area (Å²) in [5.74, 6) is 2.01. The molecule has 0 bridgehead atoms. The number of hydrogen-bond acceptors (Lipinski definition) is 2. The van der Waals surface area contributed by atoms with E-state index in [1.807, 2.05) is 0 Å². The summed E-state index contributed by atoms with van der Waals surface area (Å²) >= 11 is 0. The Morgan fingerprint density at radius 1 is 1.16 bits per heavy atom. The van der Waals surface area contributed by atoms with Gasteiger partial charge < -0.3 is 10.2 Å². The van der Waals surface area contributed by atoms with Crippen molar-refractivity contribution in [1.29, 1.82) is 0 Å². The summed E-state index contributed by atoms with van der Waals surface area (Å²) in [4.78, 5) is 0. The number of aliphatic hydroxyl groups excluding tert-OH is 2. The molecule has 0 heterocycles. The van der Waals surface area contributed by atoms with E-state index in [2.05, 4.69) is 26.8 Å². The molecular weight excluding hydrogens is 315 g/mol. The zero-order valence-corrected chi connectivity index (χ0v) is 15.9. The normalized spacial score (nSPS) is 51.3. The SMILES string of the molecule is C[C@H]1C=C2C[C@@H](O)CC[C@]2(C)[C@H]2CC[C@]3(C)C(=C(F)CO)CC[C@H]3[C@H]12. The minimum absolute atomic E-state index is 0.0713. The van der Waals surface area contributed by atoms with Crippen LogP contribution in [-0.2, 0) is 0 Å². The zero-order valence-electron chi connectivity index (χ0n) is 15.9. The number of fused-ring (bicyclic) bond motifs is 5. The third-order valence-electron chi connectivity index (χ3n) is 8.66. The van der Waals surface area contributed by atoms with E-state index in [-0.39, 0.29) is 22.8 Å². The summed E-state index contributed by atoms with van der Waals surface area (Å²) in [5, 5.41) is 19.5. The molecule has 3 saturated carbocycles. The van der Waals surface area contributed by atoms with Gasteiger partial charge in [0.2, 0.25) is 0 Å². The number of allylic oxidation sites excluding steroid dienone is 2. The Bertz CT molecular complexity index is 624.